The minimum Gasteiger partial charge on any atom is -0.461 e. The molecule has 4 nitrogen and oxygen atoms in total. The van der Waals surface area contributed by atoms with Crippen molar-refractivity contribution >= 4 is 12.3 Å². The van der Waals surface area contributed by atoms with E-state index in [1.165, 1.54) is 0 Å². The SMILES string of the molecule is O=CC1CC1C(=O)OCc1cccc(Oc2ccccc2)c1. The summed E-state index contributed by atoms with van der Waals surface area (Å²) in [4.78, 5) is 22.3. The minimum atomic E-state index is -0.300. The molecule has 0 bridgehead atoms. The molecule has 22 heavy (non-hydrogen) atoms. The van der Waals surface area contributed by atoms with Crippen LogP contribution in [0, 0.1) is 11.8 Å². The molecule has 2 unspecified atom stereocenters. The molecule has 0 saturated heterocycles. The standard InChI is InChI=1S/C18H16O4/c19-11-14-10-17(14)18(20)21-12-13-5-4-8-16(9-13)22-15-6-2-1-3-7-15/h1-9,11,14,17H,10,12H2. The lowest BCUT2D eigenvalue weighted by Gasteiger charge is -2.08. The quantitative estimate of drug-likeness (QED) is 0.606. The molecule has 0 aromatic heterocycles. The monoisotopic (exact) mass is 296 g/mol. The zero-order valence-electron chi connectivity index (χ0n) is 12.0. The van der Waals surface area contributed by atoms with E-state index in [0.717, 1.165) is 17.6 Å². The summed E-state index contributed by atoms with van der Waals surface area (Å²) in [6, 6.07) is 16.9. The van der Waals surface area contributed by atoms with Crippen LogP contribution in [0.4, 0.5) is 0 Å². The molecule has 1 aliphatic carbocycles. The van der Waals surface area contributed by atoms with Crippen LogP contribution in [0.1, 0.15) is 12.0 Å². The average molecular weight is 296 g/mol. The largest absolute Gasteiger partial charge is 0.461 e. The number of hydrogen-bond acceptors (Lipinski definition) is 4. The van der Waals surface area contributed by atoms with Crippen molar-refractivity contribution in [2.24, 2.45) is 11.8 Å². The van der Waals surface area contributed by atoms with Gasteiger partial charge in [-0.15, -0.1) is 0 Å². The first-order chi connectivity index (χ1) is 10.8. The fraction of sp³-hybridized carbons (Fsp3) is 0.222. The summed E-state index contributed by atoms with van der Waals surface area (Å²) in [5.41, 5.74) is 0.852. The number of aldehydes is 1. The van der Waals surface area contributed by atoms with Gasteiger partial charge in [0.25, 0.3) is 0 Å². The molecule has 0 amide bonds. The molecule has 4 heteroatoms. The number of para-hydroxylation sites is 1. The zero-order valence-corrected chi connectivity index (χ0v) is 12.0. The van der Waals surface area contributed by atoms with Crippen molar-refractivity contribution in [3.05, 3.63) is 60.2 Å². The van der Waals surface area contributed by atoms with Crippen LogP contribution in [0.25, 0.3) is 0 Å². The van der Waals surface area contributed by atoms with Crippen molar-refractivity contribution < 1.29 is 19.1 Å². The summed E-state index contributed by atoms with van der Waals surface area (Å²) in [6.07, 6.45) is 1.43. The maximum absolute atomic E-state index is 11.7. The summed E-state index contributed by atoms with van der Waals surface area (Å²) in [7, 11) is 0. The van der Waals surface area contributed by atoms with Gasteiger partial charge >= 0.3 is 5.97 Å². The third-order valence-corrected chi connectivity index (χ3v) is 3.58. The molecule has 0 aliphatic heterocycles. The second-order valence-electron chi connectivity index (χ2n) is 5.31. The van der Waals surface area contributed by atoms with Gasteiger partial charge in [-0.1, -0.05) is 30.3 Å². The number of esters is 1. The van der Waals surface area contributed by atoms with Crippen LogP contribution in [-0.2, 0) is 20.9 Å². The van der Waals surface area contributed by atoms with Gasteiger partial charge in [-0.3, -0.25) is 4.79 Å². The Hall–Kier alpha value is -2.62. The predicted octanol–water partition coefficient (Wildman–Crippen LogP) is 3.36. The summed E-state index contributed by atoms with van der Waals surface area (Å²) in [5, 5.41) is 0. The van der Waals surface area contributed by atoms with Crippen LogP contribution in [-0.4, -0.2) is 12.3 Å². The second kappa shape index (κ2) is 6.43. The number of benzene rings is 2. The molecule has 2 aromatic rings. The molecule has 0 N–H and O–H groups in total. The van der Waals surface area contributed by atoms with Crippen LogP contribution in [0.2, 0.25) is 0 Å². The summed E-state index contributed by atoms with van der Waals surface area (Å²) < 4.78 is 11.0. The Morgan fingerprint density at radius 1 is 1.09 bits per heavy atom. The topological polar surface area (TPSA) is 52.6 Å². The molecular formula is C18H16O4. The van der Waals surface area contributed by atoms with E-state index in [1.54, 1.807) is 0 Å². The van der Waals surface area contributed by atoms with Gasteiger partial charge in [0.05, 0.1) is 5.92 Å². The van der Waals surface area contributed by atoms with Gasteiger partial charge in [0, 0.05) is 5.92 Å². The van der Waals surface area contributed by atoms with Crippen LogP contribution >= 0.6 is 0 Å². The Morgan fingerprint density at radius 3 is 2.59 bits per heavy atom. The van der Waals surface area contributed by atoms with Crippen molar-refractivity contribution in [3.8, 4) is 11.5 Å². The van der Waals surface area contributed by atoms with E-state index in [9.17, 15) is 9.59 Å². The number of ether oxygens (including phenoxy) is 2. The maximum Gasteiger partial charge on any atom is 0.310 e. The molecule has 0 radical (unpaired) electrons. The molecule has 1 fully saturated rings. The lowest BCUT2D eigenvalue weighted by Crippen LogP contribution is -2.08. The fourth-order valence-electron chi connectivity index (χ4n) is 2.22. The fourth-order valence-corrected chi connectivity index (χ4v) is 2.22. The van der Waals surface area contributed by atoms with Crippen molar-refractivity contribution in [1.29, 1.82) is 0 Å². The molecular weight excluding hydrogens is 280 g/mol. The number of rotatable bonds is 6. The lowest BCUT2D eigenvalue weighted by molar-refractivity contribution is -0.147. The number of hydrogen-bond donors (Lipinski definition) is 0. The number of carbonyl (C=O) groups is 2. The zero-order chi connectivity index (χ0) is 15.4. The third kappa shape index (κ3) is 3.52. The van der Waals surface area contributed by atoms with E-state index >= 15 is 0 Å². The number of carbonyl (C=O) groups excluding carboxylic acids is 2. The van der Waals surface area contributed by atoms with Gasteiger partial charge < -0.3 is 14.3 Å². The molecule has 0 heterocycles. The first-order valence-electron chi connectivity index (χ1n) is 7.20. The van der Waals surface area contributed by atoms with Crippen LogP contribution in [0.3, 0.4) is 0 Å². The highest BCUT2D eigenvalue weighted by Crippen LogP contribution is 2.37. The molecule has 1 aliphatic rings. The molecule has 2 atom stereocenters. The average Bonchev–Trinajstić information content (AvgIpc) is 3.34. The Kier molecular flexibility index (Phi) is 4.19. The molecule has 3 rings (SSSR count). The van der Waals surface area contributed by atoms with Crippen molar-refractivity contribution in [2.45, 2.75) is 13.0 Å². The van der Waals surface area contributed by atoms with Gasteiger partial charge in [0.15, 0.2) is 0 Å². The van der Waals surface area contributed by atoms with E-state index < -0.39 is 0 Å². The highest BCUT2D eigenvalue weighted by Gasteiger charge is 2.44. The maximum atomic E-state index is 11.7. The van der Waals surface area contributed by atoms with Gasteiger partial charge in [-0.2, -0.15) is 0 Å². The molecule has 1 saturated carbocycles. The van der Waals surface area contributed by atoms with Crippen LogP contribution in [0.5, 0.6) is 11.5 Å². The Labute approximate surface area is 128 Å². The molecule has 112 valence electrons. The Bertz CT molecular complexity index is 666. The van der Waals surface area contributed by atoms with Crippen LogP contribution in [0.15, 0.2) is 54.6 Å². The summed E-state index contributed by atoms with van der Waals surface area (Å²) >= 11 is 0. The van der Waals surface area contributed by atoms with E-state index in [-0.39, 0.29) is 24.4 Å². The van der Waals surface area contributed by atoms with Crippen molar-refractivity contribution in [3.63, 3.8) is 0 Å². The minimum absolute atomic E-state index is 0.153. The van der Waals surface area contributed by atoms with Gasteiger partial charge in [0.1, 0.15) is 24.4 Å². The van der Waals surface area contributed by atoms with E-state index in [4.69, 9.17) is 9.47 Å². The smallest absolute Gasteiger partial charge is 0.310 e. The van der Waals surface area contributed by atoms with E-state index in [0.29, 0.717) is 12.2 Å². The van der Waals surface area contributed by atoms with E-state index in [2.05, 4.69) is 0 Å². The van der Waals surface area contributed by atoms with Crippen LogP contribution < -0.4 is 4.74 Å². The molecule has 2 aromatic carbocycles. The summed E-state index contributed by atoms with van der Waals surface area (Å²) in [5.74, 6) is 0.744. The highest BCUT2D eigenvalue weighted by atomic mass is 16.5. The van der Waals surface area contributed by atoms with Gasteiger partial charge in [-0.25, -0.2) is 0 Å². The van der Waals surface area contributed by atoms with Gasteiger partial charge in [0.2, 0.25) is 0 Å². The molecule has 0 spiro atoms. The lowest BCUT2D eigenvalue weighted by atomic mass is 10.2. The Balaban J connectivity index is 1.57. The second-order valence-corrected chi connectivity index (χ2v) is 5.31. The van der Waals surface area contributed by atoms with Crippen molar-refractivity contribution in [2.75, 3.05) is 0 Å². The van der Waals surface area contributed by atoms with Gasteiger partial charge in [-0.05, 0) is 36.2 Å². The van der Waals surface area contributed by atoms with Crippen molar-refractivity contribution in [1.82, 2.24) is 0 Å². The van der Waals surface area contributed by atoms with E-state index in [1.807, 2.05) is 54.6 Å². The highest BCUT2D eigenvalue weighted by molar-refractivity contribution is 5.81. The first-order valence-corrected chi connectivity index (χ1v) is 7.20. The third-order valence-electron chi connectivity index (χ3n) is 3.58. The normalized spacial score (nSPS) is 19.3. The Morgan fingerprint density at radius 2 is 1.86 bits per heavy atom. The summed E-state index contributed by atoms with van der Waals surface area (Å²) in [6.45, 7) is 0.187. The first kappa shape index (κ1) is 14.3. The predicted molar refractivity (Wildman–Crippen MR) is 80.4 cm³/mol.